The molecule has 0 saturated carbocycles. The lowest BCUT2D eigenvalue weighted by atomic mass is 10.0. The standard InChI is InChI=1S/C17H17ClN2O/c1-3-20-11-13-4-6-14(16(18)9-13)15-8-12(10-19)5-7-17(15)21-2/h4-9,20H,3,11H2,1-2H3. The molecule has 2 aromatic rings. The summed E-state index contributed by atoms with van der Waals surface area (Å²) in [5, 5.41) is 13.0. The van der Waals surface area contributed by atoms with Crippen LogP contribution in [0, 0.1) is 11.3 Å². The van der Waals surface area contributed by atoms with Crippen LogP contribution in [-0.4, -0.2) is 13.7 Å². The number of hydrogen-bond acceptors (Lipinski definition) is 3. The first-order chi connectivity index (χ1) is 10.2. The summed E-state index contributed by atoms with van der Waals surface area (Å²) in [5.74, 6) is 0.704. The van der Waals surface area contributed by atoms with Gasteiger partial charge in [0.1, 0.15) is 5.75 Å². The largest absolute Gasteiger partial charge is 0.496 e. The molecule has 4 heteroatoms. The summed E-state index contributed by atoms with van der Waals surface area (Å²) in [6, 6.07) is 13.4. The van der Waals surface area contributed by atoms with Crippen LogP contribution in [0.2, 0.25) is 5.02 Å². The van der Waals surface area contributed by atoms with Gasteiger partial charge in [-0.05, 0) is 36.4 Å². The molecule has 0 radical (unpaired) electrons. The molecule has 0 heterocycles. The number of nitrogens with one attached hydrogen (secondary N) is 1. The van der Waals surface area contributed by atoms with E-state index < -0.39 is 0 Å². The number of methoxy groups -OCH3 is 1. The highest BCUT2D eigenvalue weighted by molar-refractivity contribution is 6.33. The Labute approximate surface area is 130 Å². The van der Waals surface area contributed by atoms with E-state index in [1.807, 2.05) is 18.2 Å². The van der Waals surface area contributed by atoms with Crippen molar-refractivity contribution < 1.29 is 4.74 Å². The van der Waals surface area contributed by atoms with Gasteiger partial charge in [0.05, 0.1) is 18.7 Å². The Morgan fingerprint density at radius 3 is 2.62 bits per heavy atom. The summed E-state index contributed by atoms with van der Waals surface area (Å²) < 4.78 is 5.37. The van der Waals surface area contributed by atoms with Crippen LogP contribution < -0.4 is 10.1 Å². The fourth-order valence-electron chi connectivity index (χ4n) is 2.14. The lowest BCUT2D eigenvalue weighted by Crippen LogP contribution is -2.11. The van der Waals surface area contributed by atoms with E-state index in [1.54, 1.807) is 25.3 Å². The van der Waals surface area contributed by atoms with Crippen molar-refractivity contribution in [3.63, 3.8) is 0 Å². The van der Waals surface area contributed by atoms with Crippen LogP contribution in [0.25, 0.3) is 11.1 Å². The molecule has 0 bridgehead atoms. The molecule has 0 aliphatic heterocycles. The number of rotatable bonds is 5. The van der Waals surface area contributed by atoms with Gasteiger partial charge in [0.25, 0.3) is 0 Å². The van der Waals surface area contributed by atoms with E-state index in [4.69, 9.17) is 21.6 Å². The Kier molecular flexibility index (Phi) is 5.21. The van der Waals surface area contributed by atoms with Crippen LogP contribution in [0.1, 0.15) is 18.1 Å². The molecule has 0 amide bonds. The highest BCUT2D eigenvalue weighted by Crippen LogP contribution is 2.35. The van der Waals surface area contributed by atoms with Gasteiger partial charge in [-0.3, -0.25) is 0 Å². The van der Waals surface area contributed by atoms with Gasteiger partial charge in [-0.1, -0.05) is 30.7 Å². The molecule has 0 saturated heterocycles. The zero-order valence-corrected chi connectivity index (χ0v) is 12.9. The molecular weight excluding hydrogens is 284 g/mol. The third-order valence-corrected chi connectivity index (χ3v) is 3.54. The first-order valence-corrected chi connectivity index (χ1v) is 7.15. The van der Waals surface area contributed by atoms with Crippen LogP contribution in [0.15, 0.2) is 36.4 Å². The molecule has 0 atom stereocenters. The molecule has 0 fully saturated rings. The molecular formula is C17H17ClN2O. The average molecular weight is 301 g/mol. The Morgan fingerprint density at radius 2 is 2.00 bits per heavy atom. The summed E-state index contributed by atoms with van der Waals surface area (Å²) >= 11 is 6.40. The second kappa shape index (κ2) is 7.12. The van der Waals surface area contributed by atoms with Gasteiger partial charge in [-0.2, -0.15) is 5.26 Å². The van der Waals surface area contributed by atoms with E-state index >= 15 is 0 Å². The lowest BCUT2D eigenvalue weighted by molar-refractivity contribution is 0.416. The van der Waals surface area contributed by atoms with Gasteiger partial charge in [0.15, 0.2) is 0 Å². The molecule has 0 spiro atoms. The van der Waals surface area contributed by atoms with E-state index in [0.29, 0.717) is 16.3 Å². The van der Waals surface area contributed by atoms with Crippen LogP contribution in [-0.2, 0) is 6.54 Å². The number of benzene rings is 2. The maximum absolute atomic E-state index is 9.05. The van der Waals surface area contributed by atoms with Crippen molar-refractivity contribution in [1.29, 1.82) is 5.26 Å². The van der Waals surface area contributed by atoms with Gasteiger partial charge in [-0.15, -0.1) is 0 Å². The zero-order valence-electron chi connectivity index (χ0n) is 12.1. The average Bonchev–Trinajstić information content (AvgIpc) is 2.52. The second-order valence-corrected chi connectivity index (χ2v) is 5.03. The van der Waals surface area contributed by atoms with E-state index in [9.17, 15) is 0 Å². The fourth-order valence-corrected chi connectivity index (χ4v) is 2.45. The van der Waals surface area contributed by atoms with Crippen LogP contribution in [0.3, 0.4) is 0 Å². The summed E-state index contributed by atoms with van der Waals surface area (Å²) in [4.78, 5) is 0. The molecule has 2 rings (SSSR count). The molecule has 0 unspecified atom stereocenters. The van der Waals surface area contributed by atoms with Gasteiger partial charge in [0.2, 0.25) is 0 Å². The minimum Gasteiger partial charge on any atom is -0.496 e. The van der Waals surface area contributed by atoms with Crippen molar-refractivity contribution in [2.75, 3.05) is 13.7 Å². The van der Waals surface area contributed by atoms with Gasteiger partial charge in [0, 0.05) is 22.7 Å². The topological polar surface area (TPSA) is 45.0 Å². The minimum atomic E-state index is 0.582. The summed E-state index contributed by atoms with van der Waals surface area (Å²) in [6.07, 6.45) is 0. The molecule has 2 aromatic carbocycles. The lowest BCUT2D eigenvalue weighted by Gasteiger charge is -2.12. The molecule has 0 aromatic heterocycles. The molecule has 1 N–H and O–H groups in total. The highest BCUT2D eigenvalue weighted by Gasteiger charge is 2.11. The van der Waals surface area contributed by atoms with E-state index in [-0.39, 0.29) is 0 Å². The molecule has 0 aliphatic carbocycles. The molecule has 108 valence electrons. The SMILES string of the molecule is CCNCc1ccc(-c2cc(C#N)ccc2OC)c(Cl)c1. The van der Waals surface area contributed by atoms with Gasteiger partial charge < -0.3 is 10.1 Å². The molecule has 0 aliphatic rings. The van der Waals surface area contributed by atoms with Crippen molar-refractivity contribution in [2.24, 2.45) is 0 Å². The van der Waals surface area contributed by atoms with Crippen molar-refractivity contribution in [2.45, 2.75) is 13.5 Å². The summed E-state index contributed by atoms with van der Waals surface area (Å²) in [6.45, 7) is 3.76. The van der Waals surface area contributed by atoms with Gasteiger partial charge >= 0.3 is 0 Å². The maximum Gasteiger partial charge on any atom is 0.126 e. The van der Waals surface area contributed by atoms with Crippen molar-refractivity contribution in [1.82, 2.24) is 5.32 Å². The van der Waals surface area contributed by atoms with Crippen LogP contribution in [0.5, 0.6) is 5.75 Å². The van der Waals surface area contributed by atoms with Crippen molar-refractivity contribution in [3.05, 3.63) is 52.5 Å². The predicted molar refractivity (Wildman–Crippen MR) is 85.5 cm³/mol. The third-order valence-electron chi connectivity index (χ3n) is 3.23. The number of hydrogen-bond donors (Lipinski definition) is 1. The van der Waals surface area contributed by atoms with Crippen LogP contribution in [0.4, 0.5) is 0 Å². The number of ether oxygens (including phenoxy) is 1. The smallest absolute Gasteiger partial charge is 0.126 e. The quantitative estimate of drug-likeness (QED) is 0.908. The Bertz CT molecular complexity index is 677. The first kappa shape index (κ1) is 15.4. The maximum atomic E-state index is 9.05. The van der Waals surface area contributed by atoms with Crippen LogP contribution >= 0.6 is 11.6 Å². The fraction of sp³-hybridized carbons (Fsp3) is 0.235. The van der Waals surface area contributed by atoms with Gasteiger partial charge in [-0.25, -0.2) is 0 Å². The normalized spacial score (nSPS) is 10.2. The van der Waals surface area contributed by atoms with Crippen molar-refractivity contribution in [3.8, 4) is 22.9 Å². The number of nitrogens with zero attached hydrogens (tertiary/aromatic N) is 1. The Hall–Kier alpha value is -2.02. The van der Waals surface area contributed by atoms with E-state index in [0.717, 1.165) is 29.8 Å². The monoisotopic (exact) mass is 300 g/mol. The van der Waals surface area contributed by atoms with Crippen molar-refractivity contribution >= 4 is 11.6 Å². The third kappa shape index (κ3) is 3.55. The number of halogens is 1. The zero-order chi connectivity index (χ0) is 15.2. The first-order valence-electron chi connectivity index (χ1n) is 6.77. The molecule has 21 heavy (non-hydrogen) atoms. The van der Waals surface area contributed by atoms with E-state index in [1.165, 1.54) is 0 Å². The Balaban J connectivity index is 2.44. The highest BCUT2D eigenvalue weighted by atomic mass is 35.5. The number of nitriles is 1. The second-order valence-electron chi connectivity index (χ2n) is 4.62. The van der Waals surface area contributed by atoms with E-state index in [2.05, 4.69) is 18.3 Å². The Morgan fingerprint density at radius 1 is 1.19 bits per heavy atom. The summed E-state index contributed by atoms with van der Waals surface area (Å²) in [7, 11) is 1.61. The minimum absolute atomic E-state index is 0.582. The molecule has 3 nitrogen and oxygen atoms in total. The summed E-state index contributed by atoms with van der Waals surface area (Å²) in [5.41, 5.74) is 3.40. The predicted octanol–water partition coefficient (Wildman–Crippen LogP) is 4.00.